The summed E-state index contributed by atoms with van der Waals surface area (Å²) in [5.41, 5.74) is 1.25. The zero-order valence-corrected chi connectivity index (χ0v) is 17.4. The Morgan fingerprint density at radius 2 is 2.24 bits per heavy atom. The largest absolute Gasteiger partial charge is 0.446 e. The van der Waals surface area contributed by atoms with E-state index >= 15 is 0 Å². The van der Waals surface area contributed by atoms with Crippen molar-refractivity contribution in [2.45, 2.75) is 65.3 Å². The van der Waals surface area contributed by atoms with Crippen LogP contribution in [0.2, 0.25) is 0 Å². The van der Waals surface area contributed by atoms with Crippen molar-refractivity contribution in [2.75, 3.05) is 13.2 Å². The molecule has 2 aromatic rings. The first kappa shape index (κ1) is 21.1. The van der Waals surface area contributed by atoms with Crippen LogP contribution in [-0.2, 0) is 22.6 Å². The Labute approximate surface area is 171 Å². The number of nitrogens with zero attached hydrogens (tertiary/aromatic N) is 3. The predicted octanol–water partition coefficient (Wildman–Crippen LogP) is 2.58. The van der Waals surface area contributed by atoms with Gasteiger partial charge in [0.25, 0.3) is 5.91 Å². The lowest BCUT2D eigenvalue weighted by Crippen LogP contribution is -2.37. The molecule has 1 aliphatic rings. The molecule has 158 valence electrons. The van der Waals surface area contributed by atoms with E-state index in [0.717, 1.165) is 25.1 Å². The van der Waals surface area contributed by atoms with Gasteiger partial charge in [-0.2, -0.15) is 0 Å². The number of amides is 2. The molecule has 0 aromatic carbocycles. The van der Waals surface area contributed by atoms with E-state index in [1.807, 2.05) is 48.6 Å². The number of hydrogen-bond acceptors (Lipinski definition) is 5. The smallest absolute Gasteiger partial charge is 0.273 e. The SMILES string of the molecule is CCC(=O)N(Cc1cccn1Cc1nc(C(=O)NC(C)C)co1)C[C@@H]1CCCO1. The highest BCUT2D eigenvalue weighted by atomic mass is 16.5. The zero-order chi connectivity index (χ0) is 20.8. The molecule has 3 heterocycles. The van der Waals surface area contributed by atoms with Gasteiger partial charge >= 0.3 is 0 Å². The molecule has 29 heavy (non-hydrogen) atoms. The molecule has 3 rings (SSSR count). The van der Waals surface area contributed by atoms with Crippen molar-refractivity contribution in [1.29, 1.82) is 0 Å². The first-order valence-corrected chi connectivity index (χ1v) is 10.2. The van der Waals surface area contributed by atoms with Crippen molar-refractivity contribution in [1.82, 2.24) is 19.8 Å². The molecule has 0 spiro atoms. The lowest BCUT2D eigenvalue weighted by molar-refractivity contribution is -0.133. The Bertz CT molecular complexity index is 820. The Morgan fingerprint density at radius 3 is 2.93 bits per heavy atom. The summed E-state index contributed by atoms with van der Waals surface area (Å²) in [7, 11) is 0. The number of carbonyl (C=O) groups excluding carboxylic acids is 2. The molecule has 1 aliphatic heterocycles. The van der Waals surface area contributed by atoms with Crippen LogP contribution in [-0.4, -0.2) is 51.6 Å². The molecule has 2 aromatic heterocycles. The molecule has 8 heteroatoms. The van der Waals surface area contributed by atoms with Gasteiger partial charge in [0, 0.05) is 37.5 Å². The number of rotatable bonds is 9. The Balaban J connectivity index is 1.67. The van der Waals surface area contributed by atoms with E-state index in [1.165, 1.54) is 6.26 Å². The number of nitrogens with one attached hydrogen (secondary N) is 1. The van der Waals surface area contributed by atoms with Gasteiger partial charge in [-0.25, -0.2) is 4.98 Å². The second-order valence-electron chi connectivity index (χ2n) is 7.64. The summed E-state index contributed by atoms with van der Waals surface area (Å²) in [6, 6.07) is 3.95. The van der Waals surface area contributed by atoms with Crippen LogP contribution in [0, 0.1) is 0 Å². The molecule has 1 N–H and O–H groups in total. The average Bonchev–Trinajstić information content (AvgIpc) is 3.43. The van der Waals surface area contributed by atoms with Crippen LogP contribution in [0.4, 0.5) is 0 Å². The fourth-order valence-corrected chi connectivity index (χ4v) is 3.42. The standard InChI is InChI=1S/C21H30N4O4/c1-4-20(26)25(12-17-8-6-10-28-17)11-16-7-5-9-24(16)13-19-23-18(14-29-19)21(27)22-15(2)3/h5,7,9,14-15,17H,4,6,8,10-13H2,1-3H3,(H,22,27)/t17-/m0/s1. The summed E-state index contributed by atoms with van der Waals surface area (Å²) in [5, 5.41) is 2.80. The minimum absolute atomic E-state index is 0.0321. The van der Waals surface area contributed by atoms with Crippen LogP contribution >= 0.6 is 0 Å². The van der Waals surface area contributed by atoms with E-state index in [4.69, 9.17) is 9.15 Å². The molecular formula is C21H30N4O4. The van der Waals surface area contributed by atoms with Crippen LogP contribution in [0.25, 0.3) is 0 Å². The van der Waals surface area contributed by atoms with E-state index < -0.39 is 0 Å². The first-order chi connectivity index (χ1) is 14.0. The zero-order valence-electron chi connectivity index (χ0n) is 17.4. The van der Waals surface area contributed by atoms with E-state index in [9.17, 15) is 9.59 Å². The maximum absolute atomic E-state index is 12.4. The van der Waals surface area contributed by atoms with Gasteiger partial charge in [-0.15, -0.1) is 0 Å². The Morgan fingerprint density at radius 1 is 1.41 bits per heavy atom. The number of ether oxygens (including phenoxy) is 1. The predicted molar refractivity (Wildman–Crippen MR) is 107 cm³/mol. The minimum atomic E-state index is -0.251. The van der Waals surface area contributed by atoms with E-state index in [1.54, 1.807) is 0 Å². The summed E-state index contributed by atoms with van der Waals surface area (Å²) >= 11 is 0. The Hall–Kier alpha value is -2.61. The molecule has 8 nitrogen and oxygen atoms in total. The molecule has 0 aliphatic carbocycles. The monoisotopic (exact) mass is 402 g/mol. The van der Waals surface area contributed by atoms with Crippen molar-refractivity contribution in [3.8, 4) is 0 Å². The summed E-state index contributed by atoms with van der Waals surface area (Å²) in [4.78, 5) is 30.7. The van der Waals surface area contributed by atoms with Crippen LogP contribution in [0.15, 0.2) is 29.0 Å². The minimum Gasteiger partial charge on any atom is -0.446 e. The lowest BCUT2D eigenvalue weighted by atomic mass is 10.2. The quantitative estimate of drug-likeness (QED) is 0.696. The molecule has 1 saturated heterocycles. The van der Waals surface area contributed by atoms with Gasteiger partial charge in [0.15, 0.2) is 5.69 Å². The van der Waals surface area contributed by atoms with Crippen molar-refractivity contribution in [3.05, 3.63) is 41.9 Å². The molecule has 1 atom stereocenters. The fourth-order valence-electron chi connectivity index (χ4n) is 3.42. The van der Waals surface area contributed by atoms with Crippen molar-refractivity contribution in [3.63, 3.8) is 0 Å². The third-order valence-corrected chi connectivity index (χ3v) is 4.89. The molecular weight excluding hydrogens is 372 g/mol. The molecule has 2 amide bonds. The molecule has 1 fully saturated rings. The first-order valence-electron chi connectivity index (χ1n) is 10.2. The maximum Gasteiger partial charge on any atom is 0.273 e. The van der Waals surface area contributed by atoms with Crippen molar-refractivity contribution in [2.24, 2.45) is 0 Å². The van der Waals surface area contributed by atoms with Gasteiger partial charge in [0.1, 0.15) is 6.26 Å². The van der Waals surface area contributed by atoms with E-state index in [0.29, 0.717) is 31.9 Å². The van der Waals surface area contributed by atoms with E-state index in [2.05, 4.69) is 10.3 Å². The van der Waals surface area contributed by atoms with Crippen LogP contribution < -0.4 is 5.32 Å². The van der Waals surface area contributed by atoms with E-state index in [-0.39, 0.29) is 29.7 Å². The Kier molecular flexibility index (Phi) is 7.09. The molecule has 0 bridgehead atoms. The summed E-state index contributed by atoms with van der Waals surface area (Å²) in [6.45, 7) is 7.94. The topological polar surface area (TPSA) is 89.6 Å². The number of carbonyl (C=O) groups is 2. The van der Waals surface area contributed by atoms with Gasteiger partial charge < -0.3 is 23.9 Å². The highest BCUT2D eigenvalue weighted by molar-refractivity contribution is 5.92. The summed E-state index contributed by atoms with van der Waals surface area (Å²) in [6.07, 6.45) is 5.91. The third kappa shape index (κ3) is 5.69. The van der Waals surface area contributed by atoms with Crippen LogP contribution in [0.1, 0.15) is 62.1 Å². The fraction of sp³-hybridized carbons (Fsp3) is 0.571. The highest BCUT2D eigenvalue weighted by Crippen LogP contribution is 2.17. The van der Waals surface area contributed by atoms with Crippen LogP contribution in [0.3, 0.4) is 0 Å². The number of oxazole rings is 1. The normalized spacial score (nSPS) is 16.3. The molecule has 0 saturated carbocycles. The number of aromatic nitrogens is 2. The second kappa shape index (κ2) is 9.73. The maximum atomic E-state index is 12.4. The third-order valence-electron chi connectivity index (χ3n) is 4.89. The van der Waals surface area contributed by atoms with Crippen molar-refractivity contribution >= 4 is 11.8 Å². The average molecular weight is 402 g/mol. The molecule has 0 unspecified atom stereocenters. The van der Waals surface area contributed by atoms with Gasteiger partial charge in [-0.05, 0) is 38.8 Å². The van der Waals surface area contributed by atoms with Crippen molar-refractivity contribution < 1.29 is 18.7 Å². The van der Waals surface area contributed by atoms with Gasteiger partial charge in [0.2, 0.25) is 11.8 Å². The second-order valence-corrected chi connectivity index (χ2v) is 7.64. The summed E-state index contributed by atoms with van der Waals surface area (Å²) < 4.78 is 13.2. The van der Waals surface area contributed by atoms with Gasteiger partial charge in [0.05, 0.1) is 19.2 Å². The summed E-state index contributed by atoms with van der Waals surface area (Å²) in [5.74, 6) is 0.305. The highest BCUT2D eigenvalue weighted by Gasteiger charge is 2.23. The van der Waals surface area contributed by atoms with Gasteiger partial charge in [-0.3, -0.25) is 9.59 Å². The lowest BCUT2D eigenvalue weighted by Gasteiger charge is -2.25. The van der Waals surface area contributed by atoms with Gasteiger partial charge in [-0.1, -0.05) is 6.92 Å². The number of hydrogen-bond donors (Lipinski definition) is 1. The molecule has 0 radical (unpaired) electrons. The van der Waals surface area contributed by atoms with Crippen LogP contribution in [0.5, 0.6) is 0 Å².